The minimum absolute atomic E-state index is 0.343. The molecule has 0 heterocycles. The van der Waals surface area contributed by atoms with Crippen molar-refractivity contribution < 1.29 is 9.59 Å². The molecule has 0 aliphatic rings. The standard InChI is InChI=1S/C27H22N2O2/c28-23-15-7-9-19(17-23)25(30)27(21-11-3-1-4-12-21,22-13-5-2-6-14-22)26(31)20-10-8-16-24(29)18-20/h1-18H,28-29H2. The van der Waals surface area contributed by atoms with Gasteiger partial charge in [0, 0.05) is 22.5 Å². The average Bonchev–Trinajstić information content (AvgIpc) is 2.81. The van der Waals surface area contributed by atoms with Gasteiger partial charge in [0.1, 0.15) is 5.41 Å². The summed E-state index contributed by atoms with van der Waals surface area (Å²) < 4.78 is 0. The van der Waals surface area contributed by atoms with Gasteiger partial charge in [0.05, 0.1) is 0 Å². The monoisotopic (exact) mass is 406 g/mol. The maximum Gasteiger partial charge on any atom is 0.185 e. The summed E-state index contributed by atoms with van der Waals surface area (Å²) in [7, 11) is 0. The molecule has 31 heavy (non-hydrogen) atoms. The van der Waals surface area contributed by atoms with Gasteiger partial charge in [0.2, 0.25) is 0 Å². The number of nitrogen functional groups attached to an aromatic ring is 2. The first-order valence-electron chi connectivity index (χ1n) is 9.95. The Balaban J connectivity index is 2.07. The van der Waals surface area contributed by atoms with Crippen molar-refractivity contribution in [1.29, 1.82) is 0 Å². The van der Waals surface area contributed by atoms with Crippen LogP contribution in [-0.4, -0.2) is 11.6 Å². The molecule has 0 saturated carbocycles. The number of benzene rings is 4. The number of carbonyl (C=O) groups excluding carboxylic acids is 2. The van der Waals surface area contributed by atoms with Gasteiger partial charge in [-0.3, -0.25) is 9.59 Å². The maximum atomic E-state index is 14.2. The Hall–Kier alpha value is -4.18. The van der Waals surface area contributed by atoms with Crippen molar-refractivity contribution in [3.63, 3.8) is 0 Å². The summed E-state index contributed by atoms with van der Waals surface area (Å²) in [6, 6.07) is 31.7. The summed E-state index contributed by atoms with van der Waals surface area (Å²) in [6.45, 7) is 0. The summed E-state index contributed by atoms with van der Waals surface area (Å²) in [4.78, 5) is 28.4. The molecular weight excluding hydrogens is 384 g/mol. The molecule has 0 radical (unpaired) electrons. The lowest BCUT2D eigenvalue weighted by molar-refractivity contribution is 0.0797. The second-order valence-electron chi connectivity index (χ2n) is 7.39. The molecule has 0 aliphatic heterocycles. The number of Topliss-reactive ketones (excluding diaryl/α,β-unsaturated/α-hetero) is 2. The summed E-state index contributed by atoms with van der Waals surface area (Å²) in [5.74, 6) is -0.686. The number of hydrogen-bond donors (Lipinski definition) is 2. The number of nitrogens with two attached hydrogens (primary N) is 2. The van der Waals surface area contributed by atoms with Crippen molar-refractivity contribution >= 4 is 22.9 Å². The molecule has 0 spiro atoms. The van der Waals surface area contributed by atoms with Crippen LogP contribution in [0.3, 0.4) is 0 Å². The molecule has 0 saturated heterocycles. The zero-order valence-corrected chi connectivity index (χ0v) is 16.9. The molecule has 0 unspecified atom stereocenters. The Labute approximate surface area is 181 Å². The van der Waals surface area contributed by atoms with E-state index in [1.165, 1.54) is 0 Å². The van der Waals surface area contributed by atoms with Crippen LogP contribution in [0.5, 0.6) is 0 Å². The van der Waals surface area contributed by atoms with Crippen molar-refractivity contribution in [2.75, 3.05) is 11.5 Å². The van der Waals surface area contributed by atoms with Crippen molar-refractivity contribution in [2.24, 2.45) is 0 Å². The quantitative estimate of drug-likeness (QED) is 0.271. The summed E-state index contributed by atoms with van der Waals surface area (Å²) in [5, 5.41) is 0. The largest absolute Gasteiger partial charge is 0.399 e. The minimum atomic E-state index is -1.59. The Kier molecular flexibility index (Phi) is 5.37. The van der Waals surface area contributed by atoms with E-state index in [0.29, 0.717) is 33.6 Å². The zero-order chi connectivity index (χ0) is 21.8. The van der Waals surface area contributed by atoms with Gasteiger partial charge in [-0.1, -0.05) is 84.9 Å². The number of rotatable bonds is 6. The first kappa shape index (κ1) is 20.1. The van der Waals surface area contributed by atoms with Crippen LogP contribution in [0, 0.1) is 0 Å². The third-order valence-corrected chi connectivity index (χ3v) is 5.39. The van der Waals surface area contributed by atoms with E-state index < -0.39 is 5.41 Å². The highest BCUT2D eigenvalue weighted by Crippen LogP contribution is 2.39. The molecule has 0 atom stereocenters. The van der Waals surface area contributed by atoms with Crippen LogP contribution in [0.15, 0.2) is 109 Å². The van der Waals surface area contributed by atoms with Crippen LogP contribution in [-0.2, 0) is 5.41 Å². The molecule has 0 fully saturated rings. The molecule has 4 heteroatoms. The van der Waals surface area contributed by atoms with E-state index in [4.69, 9.17) is 11.5 Å². The lowest BCUT2D eigenvalue weighted by Gasteiger charge is -2.32. The van der Waals surface area contributed by atoms with Crippen molar-refractivity contribution in [3.05, 3.63) is 131 Å². The molecule has 0 aliphatic carbocycles. The predicted octanol–water partition coefficient (Wildman–Crippen LogP) is 4.90. The fraction of sp³-hybridized carbons (Fsp3) is 0.0370. The second kappa shape index (κ2) is 8.28. The topological polar surface area (TPSA) is 86.2 Å². The maximum absolute atomic E-state index is 14.2. The molecule has 0 bridgehead atoms. The second-order valence-corrected chi connectivity index (χ2v) is 7.39. The smallest absolute Gasteiger partial charge is 0.185 e. The third kappa shape index (κ3) is 3.60. The molecule has 4 nitrogen and oxygen atoms in total. The van der Waals surface area contributed by atoms with Gasteiger partial charge in [-0.05, 0) is 35.4 Å². The van der Waals surface area contributed by atoms with E-state index in [1.54, 1.807) is 72.8 Å². The van der Waals surface area contributed by atoms with E-state index in [2.05, 4.69) is 0 Å². The van der Waals surface area contributed by atoms with Gasteiger partial charge in [-0.2, -0.15) is 0 Å². The third-order valence-electron chi connectivity index (χ3n) is 5.39. The van der Waals surface area contributed by atoms with Crippen molar-refractivity contribution in [2.45, 2.75) is 5.41 Å². The number of hydrogen-bond acceptors (Lipinski definition) is 4. The first-order chi connectivity index (χ1) is 15.0. The van der Waals surface area contributed by atoms with Gasteiger partial charge in [-0.25, -0.2) is 0 Å². The number of anilines is 2. The highest BCUT2D eigenvalue weighted by atomic mass is 16.2. The van der Waals surface area contributed by atoms with Crippen LogP contribution in [0.4, 0.5) is 11.4 Å². The predicted molar refractivity (Wildman–Crippen MR) is 124 cm³/mol. The molecule has 152 valence electrons. The van der Waals surface area contributed by atoms with Gasteiger partial charge >= 0.3 is 0 Å². The average molecular weight is 406 g/mol. The van der Waals surface area contributed by atoms with Crippen molar-refractivity contribution in [1.82, 2.24) is 0 Å². The molecule has 0 aromatic heterocycles. The Morgan fingerprint density at radius 1 is 0.516 bits per heavy atom. The Morgan fingerprint density at radius 3 is 1.26 bits per heavy atom. The molecule has 0 amide bonds. The Morgan fingerprint density at radius 2 is 0.903 bits per heavy atom. The highest BCUT2D eigenvalue weighted by Gasteiger charge is 2.49. The SMILES string of the molecule is Nc1cccc(C(=O)C(C(=O)c2cccc(N)c2)(c2ccccc2)c2ccccc2)c1. The Bertz CT molecular complexity index is 1140. The molecule has 4 aromatic rings. The zero-order valence-electron chi connectivity index (χ0n) is 16.9. The van der Waals surface area contributed by atoms with Crippen LogP contribution < -0.4 is 11.5 Å². The van der Waals surface area contributed by atoms with Crippen LogP contribution >= 0.6 is 0 Å². The molecule has 4 aromatic carbocycles. The molecular formula is C27H22N2O2. The number of ketones is 2. The lowest BCUT2D eigenvalue weighted by atomic mass is 9.65. The van der Waals surface area contributed by atoms with Gasteiger partial charge in [0.15, 0.2) is 11.6 Å². The van der Waals surface area contributed by atoms with Gasteiger partial charge < -0.3 is 11.5 Å². The number of carbonyl (C=O) groups is 2. The first-order valence-corrected chi connectivity index (χ1v) is 9.95. The molecule has 4 rings (SSSR count). The summed E-state index contributed by atoms with van der Waals surface area (Å²) in [5.41, 5.74) is 13.2. The summed E-state index contributed by atoms with van der Waals surface area (Å²) in [6.07, 6.45) is 0. The highest BCUT2D eigenvalue weighted by molar-refractivity contribution is 6.26. The van der Waals surface area contributed by atoms with Gasteiger partial charge in [0.25, 0.3) is 0 Å². The van der Waals surface area contributed by atoms with Crippen LogP contribution in [0.25, 0.3) is 0 Å². The fourth-order valence-electron chi connectivity index (χ4n) is 3.96. The van der Waals surface area contributed by atoms with Gasteiger partial charge in [-0.15, -0.1) is 0 Å². The van der Waals surface area contributed by atoms with E-state index >= 15 is 0 Å². The lowest BCUT2D eigenvalue weighted by Crippen LogP contribution is -2.45. The van der Waals surface area contributed by atoms with E-state index in [9.17, 15) is 9.59 Å². The van der Waals surface area contributed by atoms with E-state index in [0.717, 1.165) is 0 Å². The van der Waals surface area contributed by atoms with E-state index in [-0.39, 0.29) is 11.6 Å². The molecule has 4 N–H and O–H groups in total. The summed E-state index contributed by atoms with van der Waals surface area (Å²) >= 11 is 0. The normalized spacial score (nSPS) is 11.1. The van der Waals surface area contributed by atoms with E-state index in [1.807, 2.05) is 36.4 Å². The van der Waals surface area contributed by atoms with Crippen molar-refractivity contribution in [3.8, 4) is 0 Å². The van der Waals surface area contributed by atoms with Crippen LogP contribution in [0.2, 0.25) is 0 Å². The fourth-order valence-corrected chi connectivity index (χ4v) is 3.96. The minimum Gasteiger partial charge on any atom is -0.399 e. The van der Waals surface area contributed by atoms with Crippen LogP contribution in [0.1, 0.15) is 31.8 Å².